The summed E-state index contributed by atoms with van der Waals surface area (Å²) in [6.07, 6.45) is 8.18. The Kier molecular flexibility index (Phi) is 2.96. The molecule has 5 heterocycles. The first-order valence-corrected chi connectivity index (χ1v) is 8.57. The summed E-state index contributed by atoms with van der Waals surface area (Å²) in [7, 11) is 0. The third-order valence-electron chi connectivity index (χ3n) is 3.93. The standard InChI is InChI=1S/C20H13N3S/c1-2-14-10-16-4-6-18(23-16)12-20-8-7-19(24-20)11-17-5-3-15(22-17)9-13(1)21-14/h1-12,21H. The van der Waals surface area contributed by atoms with Crippen LogP contribution in [0.1, 0.15) is 22.8 Å². The maximum atomic E-state index is 4.66. The first-order chi connectivity index (χ1) is 11.8. The normalized spacial score (nSPS) is 12.7. The minimum atomic E-state index is 0.957. The zero-order chi connectivity index (χ0) is 15.9. The topological polar surface area (TPSA) is 41.6 Å². The van der Waals surface area contributed by atoms with Crippen molar-refractivity contribution in [2.45, 2.75) is 0 Å². The summed E-state index contributed by atoms with van der Waals surface area (Å²) >= 11 is 1.74. The zero-order valence-corrected chi connectivity index (χ0v) is 13.5. The maximum Gasteiger partial charge on any atom is 0.0658 e. The SMILES string of the molecule is C1=Cc2cc3ccc(cc4nc(cc5ccc(cc1n2)[nH]5)C=C4)s3. The molecule has 8 bridgehead atoms. The molecule has 4 heteroatoms. The number of hydrogen-bond acceptors (Lipinski definition) is 3. The molecule has 2 aliphatic heterocycles. The fourth-order valence-electron chi connectivity index (χ4n) is 2.84. The van der Waals surface area contributed by atoms with Crippen LogP contribution in [0.4, 0.5) is 0 Å². The van der Waals surface area contributed by atoms with Crippen LogP contribution in [-0.2, 0) is 0 Å². The van der Waals surface area contributed by atoms with Crippen molar-refractivity contribution in [1.82, 2.24) is 15.0 Å². The highest BCUT2D eigenvalue weighted by Gasteiger charge is 2.01. The second-order valence-corrected chi connectivity index (χ2v) is 6.92. The molecule has 0 atom stereocenters. The van der Waals surface area contributed by atoms with Crippen molar-refractivity contribution in [3.63, 3.8) is 0 Å². The van der Waals surface area contributed by atoms with Crippen LogP contribution >= 0.6 is 11.3 Å². The monoisotopic (exact) mass is 327 g/mol. The number of aromatic nitrogens is 3. The molecule has 0 radical (unpaired) electrons. The lowest BCUT2D eigenvalue weighted by Crippen LogP contribution is -1.73. The zero-order valence-electron chi connectivity index (χ0n) is 12.7. The molecule has 0 spiro atoms. The van der Waals surface area contributed by atoms with Crippen molar-refractivity contribution in [3.8, 4) is 0 Å². The molecule has 3 aromatic heterocycles. The lowest BCUT2D eigenvalue weighted by molar-refractivity contribution is 1.32. The third-order valence-corrected chi connectivity index (χ3v) is 4.91. The number of nitrogens with zero attached hydrogens (tertiary/aromatic N) is 2. The minimum absolute atomic E-state index is 0.957. The quantitative estimate of drug-likeness (QED) is 0.414. The molecule has 24 heavy (non-hydrogen) atoms. The summed E-state index contributed by atoms with van der Waals surface area (Å²) in [5, 5.41) is 0. The third kappa shape index (κ3) is 2.57. The largest absolute Gasteiger partial charge is 0.355 e. The van der Waals surface area contributed by atoms with Gasteiger partial charge in [-0.3, -0.25) is 0 Å². The maximum absolute atomic E-state index is 4.66. The molecule has 114 valence electrons. The second-order valence-electron chi connectivity index (χ2n) is 5.78. The van der Waals surface area contributed by atoms with E-state index < -0.39 is 0 Å². The Bertz CT molecular complexity index is 987. The van der Waals surface area contributed by atoms with Crippen LogP contribution in [0.2, 0.25) is 0 Å². The van der Waals surface area contributed by atoms with Crippen LogP contribution in [0.3, 0.4) is 0 Å². The fraction of sp³-hybridized carbons (Fsp3) is 0. The van der Waals surface area contributed by atoms with Crippen molar-refractivity contribution in [1.29, 1.82) is 0 Å². The average Bonchev–Trinajstić information content (AvgIpc) is 3.32. The Morgan fingerprint density at radius 1 is 0.583 bits per heavy atom. The Labute approximate surface area is 142 Å². The second kappa shape index (κ2) is 5.28. The summed E-state index contributed by atoms with van der Waals surface area (Å²) in [6.45, 7) is 0. The van der Waals surface area contributed by atoms with E-state index in [9.17, 15) is 0 Å². The number of H-pyrrole nitrogens is 1. The molecule has 0 saturated heterocycles. The molecule has 2 aliphatic rings. The van der Waals surface area contributed by atoms with Crippen LogP contribution in [-0.4, -0.2) is 15.0 Å². The lowest BCUT2D eigenvalue weighted by atomic mass is 10.3. The van der Waals surface area contributed by atoms with Crippen molar-refractivity contribution < 1.29 is 0 Å². The Balaban J connectivity index is 1.85. The van der Waals surface area contributed by atoms with E-state index in [4.69, 9.17) is 0 Å². The van der Waals surface area contributed by atoms with Gasteiger partial charge in [0.2, 0.25) is 0 Å². The Morgan fingerprint density at radius 2 is 1.04 bits per heavy atom. The molecule has 0 aromatic carbocycles. The summed E-state index contributed by atoms with van der Waals surface area (Å²) in [6, 6.07) is 16.7. The summed E-state index contributed by atoms with van der Waals surface area (Å²) in [4.78, 5) is 12.7. The predicted molar refractivity (Wildman–Crippen MR) is 102 cm³/mol. The van der Waals surface area contributed by atoms with Gasteiger partial charge in [0, 0.05) is 20.4 Å². The van der Waals surface area contributed by atoms with E-state index in [2.05, 4.69) is 63.5 Å². The van der Waals surface area contributed by atoms with E-state index in [1.54, 1.807) is 11.3 Å². The summed E-state index contributed by atoms with van der Waals surface area (Å²) < 4.78 is 2.39. The van der Waals surface area contributed by atoms with Gasteiger partial charge in [-0.25, -0.2) is 9.97 Å². The Morgan fingerprint density at radius 3 is 1.54 bits per heavy atom. The number of fused-ring (bicyclic) bond motifs is 8. The predicted octanol–water partition coefficient (Wildman–Crippen LogP) is 5.39. The number of hydrogen-bond donors (Lipinski definition) is 1. The van der Waals surface area contributed by atoms with Gasteiger partial charge in [-0.05, 0) is 72.8 Å². The van der Waals surface area contributed by atoms with E-state index in [0.29, 0.717) is 0 Å². The molecule has 5 rings (SSSR count). The van der Waals surface area contributed by atoms with E-state index >= 15 is 0 Å². The lowest BCUT2D eigenvalue weighted by Gasteiger charge is -1.85. The van der Waals surface area contributed by atoms with Gasteiger partial charge in [-0.2, -0.15) is 0 Å². The number of rotatable bonds is 0. The molecular weight excluding hydrogens is 314 g/mol. The highest BCUT2D eigenvalue weighted by Crippen LogP contribution is 2.22. The van der Waals surface area contributed by atoms with Gasteiger partial charge in [0.1, 0.15) is 0 Å². The molecular formula is C20H13N3S. The van der Waals surface area contributed by atoms with E-state index in [1.807, 2.05) is 24.3 Å². The van der Waals surface area contributed by atoms with Crippen molar-refractivity contribution in [3.05, 3.63) is 71.3 Å². The molecule has 0 fully saturated rings. The smallest absolute Gasteiger partial charge is 0.0658 e. The fourth-order valence-corrected chi connectivity index (χ4v) is 3.75. The molecule has 0 saturated carbocycles. The molecule has 0 aliphatic carbocycles. The van der Waals surface area contributed by atoms with Gasteiger partial charge in [0.15, 0.2) is 0 Å². The molecule has 3 aromatic rings. The summed E-state index contributed by atoms with van der Waals surface area (Å²) in [5.41, 5.74) is 5.95. The van der Waals surface area contributed by atoms with Gasteiger partial charge in [-0.15, -0.1) is 11.3 Å². The van der Waals surface area contributed by atoms with Gasteiger partial charge in [-0.1, -0.05) is 0 Å². The van der Waals surface area contributed by atoms with Gasteiger partial charge in [0.25, 0.3) is 0 Å². The molecule has 3 nitrogen and oxygen atoms in total. The average molecular weight is 327 g/mol. The molecule has 0 amide bonds. The highest BCUT2D eigenvalue weighted by atomic mass is 32.1. The highest BCUT2D eigenvalue weighted by molar-refractivity contribution is 7.23. The van der Waals surface area contributed by atoms with Crippen LogP contribution < -0.4 is 0 Å². The van der Waals surface area contributed by atoms with Gasteiger partial charge < -0.3 is 4.98 Å². The molecule has 0 unspecified atom stereocenters. The first kappa shape index (κ1) is 13.5. The van der Waals surface area contributed by atoms with Crippen LogP contribution in [0.5, 0.6) is 0 Å². The minimum Gasteiger partial charge on any atom is -0.355 e. The van der Waals surface area contributed by atoms with Crippen LogP contribution in [0, 0.1) is 0 Å². The number of nitrogens with one attached hydrogen (secondary N) is 1. The van der Waals surface area contributed by atoms with Gasteiger partial charge >= 0.3 is 0 Å². The Hall–Kier alpha value is -2.98. The van der Waals surface area contributed by atoms with Gasteiger partial charge in [0.05, 0.1) is 22.8 Å². The van der Waals surface area contributed by atoms with E-state index in [0.717, 1.165) is 33.8 Å². The number of aromatic amines is 1. The van der Waals surface area contributed by atoms with Crippen molar-refractivity contribution in [2.75, 3.05) is 0 Å². The van der Waals surface area contributed by atoms with E-state index in [-0.39, 0.29) is 0 Å². The molecule has 1 N–H and O–H groups in total. The first-order valence-electron chi connectivity index (χ1n) is 7.75. The number of thiophene rings is 1. The van der Waals surface area contributed by atoms with Crippen LogP contribution in [0.15, 0.2) is 48.5 Å². The van der Waals surface area contributed by atoms with Crippen LogP contribution in [0.25, 0.3) is 44.7 Å². The van der Waals surface area contributed by atoms with Crippen molar-refractivity contribution in [2.24, 2.45) is 0 Å². The summed E-state index contributed by atoms with van der Waals surface area (Å²) in [5.74, 6) is 0. The van der Waals surface area contributed by atoms with E-state index in [1.165, 1.54) is 9.40 Å². The van der Waals surface area contributed by atoms with Crippen molar-refractivity contribution >= 4 is 56.1 Å².